The lowest BCUT2D eigenvalue weighted by molar-refractivity contribution is -0.384. The SMILES string of the molecule is CCCCN(CC)c1ccc([N+](=O)[O-])cc1/C=N\NC(=O)CNc1ccc(C)cc1C. The molecule has 8 nitrogen and oxygen atoms in total. The standard InChI is InChI=1S/C23H31N5O3/c1-5-7-12-27(6-2)22-11-9-20(28(30)31)14-19(22)15-25-26-23(29)16-24-21-10-8-17(3)13-18(21)4/h8-11,13-15,24H,5-7,12,16H2,1-4H3,(H,26,29)/b25-15-. The van der Waals surface area contributed by atoms with Gasteiger partial charge in [0.2, 0.25) is 0 Å². The first kappa shape index (κ1) is 23.9. The fraction of sp³-hybridized carbons (Fsp3) is 0.391. The lowest BCUT2D eigenvalue weighted by Gasteiger charge is -2.24. The predicted octanol–water partition coefficient (Wildman–Crippen LogP) is 4.40. The highest BCUT2D eigenvalue weighted by atomic mass is 16.6. The summed E-state index contributed by atoms with van der Waals surface area (Å²) in [6.45, 7) is 9.84. The summed E-state index contributed by atoms with van der Waals surface area (Å²) in [5.74, 6) is -0.304. The third-order valence-electron chi connectivity index (χ3n) is 4.94. The van der Waals surface area contributed by atoms with Gasteiger partial charge in [0, 0.05) is 42.2 Å². The topological polar surface area (TPSA) is 99.9 Å². The van der Waals surface area contributed by atoms with Gasteiger partial charge in [-0.25, -0.2) is 5.43 Å². The van der Waals surface area contributed by atoms with Crippen molar-refractivity contribution in [1.29, 1.82) is 0 Å². The maximum atomic E-state index is 12.2. The molecule has 2 N–H and O–H groups in total. The quantitative estimate of drug-likeness (QED) is 0.316. The highest BCUT2D eigenvalue weighted by Gasteiger charge is 2.14. The van der Waals surface area contributed by atoms with Gasteiger partial charge < -0.3 is 10.2 Å². The number of unbranched alkanes of at least 4 members (excludes halogenated alkanes) is 1. The Hall–Kier alpha value is -3.42. The smallest absolute Gasteiger partial charge is 0.270 e. The van der Waals surface area contributed by atoms with Crippen molar-refractivity contribution in [3.63, 3.8) is 0 Å². The van der Waals surface area contributed by atoms with Crippen molar-refractivity contribution < 1.29 is 9.72 Å². The molecule has 0 aromatic heterocycles. The van der Waals surface area contributed by atoms with E-state index in [1.807, 2.05) is 39.0 Å². The summed E-state index contributed by atoms with van der Waals surface area (Å²) in [7, 11) is 0. The van der Waals surface area contributed by atoms with Crippen LogP contribution in [-0.2, 0) is 4.79 Å². The summed E-state index contributed by atoms with van der Waals surface area (Å²) in [5.41, 5.74) is 7.03. The monoisotopic (exact) mass is 425 g/mol. The van der Waals surface area contributed by atoms with Crippen molar-refractivity contribution >= 4 is 29.2 Å². The van der Waals surface area contributed by atoms with Gasteiger partial charge in [0.25, 0.3) is 11.6 Å². The first-order valence-corrected chi connectivity index (χ1v) is 10.5. The molecule has 31 heavy (non-hydrogen) atoms. The zero-order valence-corrected chi connectivity index (χ0v) is 18.6. The molecule has 0 spiro atoms. The Bertz CT molecular complexity index is 943. The van der Waals surface area contributed by atoms with Gasteiger partial charge in [0.15, 0.2) is 0 Å². The van der Waals surface area contributed by atoms with Gasteiger partial charge in [-0.15, -0.1) is 0 Å². The van der Waals surface area contributed by atoms with Crippen molar-refractivity contribution in [3.05, 3.63) is 63.2 Å². The van der Waals surface area contributed by atoms with E-state index in [-0.39, 0.29) is 18.1 Å². The van der Waals surface area contributed by atoms with Crippen molar-refractivity contribution in [2.24, 2.45) is 5.10 Å². The Balaban J connectivity index is 2.09. The Kier molecular flexibility index (Phi) is 8.99. The maximum Gasteiger partial charge on any atom is 0.270 e. The van der Waals surface area contributed by atoms with Gasteiger partial charge in [-0.1, -0.05) is 31.0 Å². The number of hydrazone groups is 1. The summed E-state index contributed by atoms with van der Waals surface area (Å²) >= 11 is 0. The third kappa shape index (κ3) is 7.09. The number of non-ortho nitro benzene ring substituents is 1. The number of nitrogens with zero attached hydrogens (tertiary/aromatic N) is 3. The van der Waals surface area contributed by atoms with Crippen LogP contribution in [-0.4, -0.2) is 36.7 Å². The number of nitro benzene ring substituents is 1. The largest absolute Gasteiger partial charge is 0.376 e. The molecule has 0 saturated heterocycles. The number of aryl methyl sites for hydroxylation is 2. The molecule has 2 rings (SSSR count). The predicted molar refractivity (Wildman–Crippen MR) is 126 cm³/mol. The second-order valence-electron chi connectivity index (χ2n) is 7.40. The number of rotatable bonds is 11. The second-order valence-corrected chi connectivity index (χ2v) is 7.40. The number of nitrogens with one attached hydrogen (secondary N) is 2. The van der Waals surface area contributed by atoms with E-state index in [0.717, 1.165) is 48.4 Å². The summed E-state index contributed by atoms with van der Waals surface area (Å²) in [4.78, 5) is 25.1. The number of amides is 1. The summed E-state index contributed by atoms with van der Waals surface area (Å²) in [6.07, 6.45) is 3.53. The lowest BCUT2D eigenvalue weighted by atomic mass is 10.1. The third-order valence-corrected chi connectivity index (χ3v) is 4.94. The summed E-state index contributed by atoms with van der Waals surface area (Å²) in [5, 5.41) is 18.3. The molecule has 0 heterocycles. The molecule has 0 aliphatic heterocycles. The van der Waals surface area contributed by atoms with Crippen LogP contribution in [0.3, 0.4) is 0 Å². The first-order valence-electron chi connectivity index (χ1n) is 10.5. The van der Waals surface area contributed by atoms with Crippen LogP contribution >= 0.6 is 0 Å². The molecule has 8 heteroatoms. The fourth-order valence-electron chi connectivity index (χ4n) is 3.25. The molecule has 0 unspecified atom stereocenters. The highest BCUT2D eigenvalue weighted by molar-refractivity contribution is 5.90. The Labute approximate surface area is 183 Å². The summed E-state index contributed by atoms with van der Waals surface area (Å²) < 4.78 is 0. The Morgan fingerprint density at radius 3 is 2.61 bits per heavy atom. The number of anilines is 2. The number of hydrogen-bond acceptors (Lipinski definition) is 6. The molecule has 0 radical (unpaired) electrons. The van der Waals surface area contributed by atoms with Gasteiger partial charge in [-0.3, -0.25) is 14.9 Å². The van der Waals surface area contributed by atoms with E-state index in [9.17, 15) is 14.9 Å². The van der Waals surface area contributed by atoms with E-state index < -0.39 is 4.92 Å². The fourth-order valence-corrected chi connectivity index (χ4v) is 3.25. The molecular weight excluding hydrogens is 394 g/mol. The maximum absolute atomic E-state index is 12.2. The van der Waals surface area contributed by atoms with Crippen LogP contribution < -0.4 is 15.6 Å². The van der Waals surface area contributed by atoms with E-state index in [1.54, 1.807) is 6.07 Å². The molecule has 0 aliphatic rings. The second kappa shape index (κ2) is 11.7. The molecule has 0 bridgehead atoms. The van der Waals surface area contributed by atoms with E-state index >= 15 is 0 Å². The molecule has 0 saturated carbocycles. The van der Waals surface area contributed by atoms with Crippen LogP contribution in [0.15, 0.2) is 41.5 Å². The van der Waals surface area contributed by atoms with Gasteiger partial charge in [0.1, 0.15) is 0 Å². The van der Waals surface area contributed by atoms with Crippen molar-refractivity contribution in [1.82, 2.24) is 5.43 Å². The van der Waals surface area contributed by atoms with Crippen LogP contribution in [0, 0.1) is 24.0 Å². The lowest BCUT2D eigenvalue weighted by Crippen LogP contribution is -2.27. The Morgan fingerprint density at radius 1 is 1.19 bits per heavy atom. The van der Waals surface area contributed by atoms with Gasteiger partial charge in [-0.2, -0.15) is 5.10 Å². The highest BCUT2D eigenvalue weighted by Crippen LogP contribution is 2.24. The average Bonchev–Trinajstić information content (AvgIpc) is 2.74. The van der Waals surface area contributed by atoms with Crippen molar-refractivity contribution in [2.75, 3.05) is 29.9 Å². The average molecular weight is 426 g/mol. The van der Waals surface area contributed by atoms with Crippen molar-refractivity contribution in [3.8, 4) is 0 Å². The molecule has 1 amide bonds. The van der Waals surface area contributed by atoms with Crippen LogP contribution in [0.5, 0.6) is 0 Å². The molecule has 2 aromatic carbocycles. The molecule has 166 valence electrons. The van der Waals surface area contributed by atoms with Crippen LogP contribution in [0.25, 0.3) is 0 Å². The van der Waals surface area contributed by atoms with Crippen LogP contribution in [0.1, 0.15) is 43.4 Å². The van der Waals surface area contributed by atoms with Crippen molar-refractivity contribution in [2.45, 2.75) is 40.5 Å². The number of carbonyl (C=O) groups is 1. The first-order chi connectivity index (χ1) is 14.8. The van der Waals surface area contributed by atoms with E-state index in [2.05, 4.69) is 27.7 Å². The summed E-state index contributed by atoms with van der Waals surface area (Å²) in [6, 6.07) is 10.7. The minimum atomic E-state index is -0.435. The number of benzene rings is 2. The van der Waals surface area contributed by atoms with Crippen LogP contribution in [0.4, 0.5) is 17.1 Å². The molecule has 0 fully saturated rings. The van der Waals surface area contributed by atoms with Gasteiger partial charge >= 0.3 is 0 Å². The number of hydrogen-bond donors (Lipinski definition) is 2. The minimum absolute atomic E-state index is 0.0143. The minimum Gasteiger partial charge on any atom is -0.376 e. The molecular formula is C23H31N5O3. The normalized spacial score (nSPS) is 10.8. The van der Waals surface area contributed by atoms with Crippen LogP contribution in [0.2, 0.25) is 0 Å². The number of nitro groups is 1. The molecule has 0 atom stereocenters. The Morgan fingerprint density at radius 2 is 1.97 bits per heavy atom. The molecule has 0 aliphatic carbocycles. The number of carbonyl (C=O) groups excluding carboxylic acids is 1. The molecule has 2 aromatic rings. The zero-order valence-electron chi connectivity index (χ0n) is 18.6. The zero-order chi connectivity index (χ0) is 22.8. The van der Waals surface area contributed by atoms with Gasteiger partial charge in [-0.05, 0) is 44.9 Å². The van der Waals surface area contributed by atoms with Gasteiger partial charge in [0.05, 0.1) is 17.7 Å². The van der Waals surface area contributed by atoms with E-state index in [1.165, 1.54) is 18.3 Å². The van der Waals surface area contributed by atoms with E-state index in [0.29, 0.717) is 5.56 Å². The van der Waals surface area contributed by atoms with E-state index in [4.69, 9.17) is 0 Å².